The van der Waals surface area contributed by atoms with E-state index in [1.807, 2.05) is 12.1 Å². The fourth-order valence-corrected chi connectivity index (χ4v) is 4.67. The number of aromatic carboxylic acids is 1. The van der Waals surface area contributed by atoms with Gasteiger partial charge in [0.05, 0.1) is 12.1 Å². The molecule has 0 bridgehead atoms. The summed E-state index contributed by atoms with van der Waals surface area (Å²) in [4.78, 5) is 15.3. The smallest absolute Gasteiger partial charge is 0.416 e. The SMILES string of the molecule is O=C(O)c1ccn(Cc2ccc(-c3noc(-c4ccc(C5CCCCC5)c(C(F)(F)F)c4)n3)cc2)n1.[Na]. The third-order valence-electron chi connectivity index (χ3n) is 6.49. The minimum absolute atomic E-state index is 0. The average molecular weight is 519 g/mol. The van der Waals surface area contributed by atoms with Crippen LogP contribution in [0.2, 0.25) is 0 Å². The Morgan fingerprint density at radius 1 is 1.03 bits per heavy atom. The van der Waals surface area contributed by atoms with Crippen LogP contribution in [-0.4, -0.2) is 60.6 Å². The van der Waals surface area contributed by atoms with Crippen molar-refractivity contribution >= 4 is 35.5 Å². The van der Waals surface area contributed by atoms with Crippen molar-refractivity contribution in [1.29, 1.82) is 0 Å². The van der Waals surface area contributed by atoms with Crippen LogP contribution in [0.15, 0.2) is 59.3 Å². The Labute approximate surface area is 233 Å². The first-order chi connectivity index (χ1) is 17.3. The number of hydrogen-bond donors (Lipinski definition) is 1. The van der Waals surface area contributed by atoms with Crippen molar-refractivity contribution < 1.29 is 27.6 Å². The number of carboxylic acid groups (broad SMARTS) is 1. The second-order valence-corrected chi connectivity index (χ2v) is 8.96. The molecule has 0 unspecified atom stereocenters. The molecule has 2 heterocycles. The molecule has 1 saturated carbocycles. The Bertz CT molecular complexity index is 1380. The van der Waals surface area contributed by atoms with E-state index in [-0.39, 0.29) is 58.4 Å². The molecule has 37 heavy (non-hydrogen) atoms. The Morgan fingerprint density at radius 3 is 2.38 bits per heavy atom. The molecular weight excluding hydrogens is 496 g/mol. The molecule has 0 saturated heterocycles. The van der Waals surface area contributed by atoms with Crippen molar-refractivity contribution in [1.82, 2.24) is 19.9 Å². The summed E-state index contributed by atoms with van der Waals surface area (Å²) in [5.41, 5.74) is 1.40. The number of carbonyl (C=O) groups is 1. The van der Waals surface area contributed by atoms with Gasteiger partial charge in [-0.15, -0.1) is 0 Å². The summed E-state index contributed by atoms with van der Waals surface area (Å²) in [6, 6.07) is 12.9. The summed E-state index contributed by atoms with van der Waals surface area (Å²) in [5, 5.41) is 16.9. The van der Waals surface area contributed by atoms with Crippen LogP contribution in [0, 0.1) is 0 Å². The van der Waals surface area contributed by atoms with Gasteiger partial charge in [-0.2, -0.15) is 23.3 Å². The summed E-state index contributed by atoms with van der Waals surface area (Å²) in [6.07, 6.45) is 1.60. The zero-order valence-electron chi connectivity index (χ0n) is 20.2. The summed E-state index contributed by atoms with van der Waals surface area (Å²) >= 11 is 0. The molecule has 5 rings (SSSR count). The number of carboxylic acids is 1. The van der Waals surface area contributed by atoms with Crippen LogP contribution in [0.5, 0.6) is 0 Å². The molecule has 11 heteroatoms. The van der Waals surface area contributed by atoms with Crippen LogP contribution in [0.1, 0.15) is 65.2 Å². The number of rotatable bonds is 6. The van der Waals surface area contributed by atoms with Crippen molar-refractivity contribution in [3.63, 3.8) is 0 Å². The van der Waals surface area contributed by atoms with E-state index in [4.69, 9.17) is 9.63 Å². The largest absolute Gasteiger partial charge is 0.476 e. The summed E-state index contributed by atoms with van der Waals surface area (Å²) in [5.74, 6) is -0.900. The third-order valence-corrected chi connectivity index (χ3v) is 6.49. The molecule has 7 nitrogen and oxygen atoms in total. The zero-order valence-corrected chi connectivity index (χ0v) is 22.2. The van der Waals surface area contributed by atoms with Gasteiger partial charge in [0.15, 0.2) is 5.69 Å². The molecule has 2 aromatic carbocycles. The number of nitrogens with zero attached hydrogens (tertiary/aromatic N) is 4. The van der Waals surface area contributed by atoms with Gasteiger partial charge in [0.2, 0.25) is 5.82 Å². The van der Waals surface area contributed by atoms with Crippen LogP contribution in [0.3, 0.4) is 0 Å². The van der Waals surface area contributed by atoms with Gasteiger partial charge in [0, 0.05) is 46.9 Å². The molecule has 0 aliphatic heterocycles. The van der Waals surface area contributed by atoms with Gasteiger partial charge in [-0.1, -0.05) is 54.8 Å². The summed E-state index contributed by atoms with van der Waals surface area (Å²) < 4.78 is 48.5. The molecular formula is C26H23F3N4NaO3. The summed E-state index contributed by atoms with van der Waals surface area (Å²) in [7, 11) is 0. The predicted octanol–water partition coefficient (Wildman–Crippen LogP) is 6.03. The van der Waals surface area contributed by atoms with E-state index in [9.17, 15) is 18.0 Å². The first kappa shape index (κ1) is 27.1. The Morgan fingerprint density at radius 2 is 1.73 bits per heavy atom. The minimum Gasteiger partial charge on any atom is -0.476 e. The van der Waals surface area contributed by atoms with Gasteiger partial charge in [-0.25, -0.2) is 4.79 Å². The second kappa shape index (κ2) is 11.2. The standard InChI is InChI=1S/C26H23F3N4O3.Na/c27-26(28,29)21-14-19(10-11-20(21)17-4-2-1-3-5-17)24-30-23(32-36-24)18-8-6-16(7-9-18)15-33-13-12-22(31-33)25(34)35;/h6-14,17H,1-5,15H2,(H,34,35);. The summed E-state index contributed by atoms with van der Waals surface area (Å²) in [6.45, 7) is 0.374. The predicted molar refractivity (Wildman–Crippen MR) is 130 cm³/mol. The molecule has 1 fully saturated rings. The number of alkyl halides is 3. The van der Waals surface area contributed by atoms with Crippen LogP contribution < -0.4 is 0 Å². The molecule has 1 N–H and O–H groups in total. The Hall–Kier alpha value is -2.95. The fourth-order valence-electron chi connectivity index (χ4n) is 4.67. The molecule has 187 valence electrons. The van der Waals surface area contributed by atoms with Crippen LogP contribution in [0.25, 0.3) is 22.8 Å². The van der Waals surface area contributed by atoms with E-state index >= 15 is 0 Å². The van der Waals surface area contributed by atoms with E-state index in [2.05, 4.69) is 15.2 Å². The van der Waals surface area contributed by atoms with Gasteiger partial charge < -0.3 is 9.63 Å². The molecule has 1 aliphatic carbocycles. The van der Waals surface area contributed by atoms with Crippen molar-refractivity contribution in [3.8, 4) is 22.8 Å². The first-order valence-corrected chi connectivity index (χ1v) is 11.7. The van der Waals surface area contributed by atoms with E-state index < -0.39 is 17.7 Å². The molecule has 4 aromatic rings. The molecule has 2 aromatic heterocycles. The number of benzene rings is 2. The quantitative estimate of drug-likeness (QED) is 0.313. The maximum atomic E-state index is 13.9. The number of aromatic nitrogens is 4. The van der Waals surface area contributed by atoms with Gasteiger partial charge in [-0.3, -0.25) is 4.68 Å². The van der Waals surface area contributed by atoms with Gasteiger partial charge in [-0.05, 0) is 48.1 Å². The van der Waals surface area contributed by atoms with Crippen LogP contribution in [-0.2, 0) is 12.7 Å². The van der Waals surface area contributed by atoms with E-state index in [1.165, 1.54) is 10.7 Å². The van der Waals surface area contributed by atoms with Crippen molar-refractivity contribution in [2.75, 3.05) is 0 Å². The minimum atomic E-state index is -4.47. The molecule has 1 aliphatic rings. The van der Waals surface area contributed by atoms with Crippen molar-refractivity contribution in [2.24, 2.45) is 0 Å². The fraction of sp³-hybridized carbons (Fsp3) is 0.308. The maximum Gasteiger partial charge on any atom is 0.416 e. The van der Waals surface area contributed by atoms with E-state index in [0.717, 1.165) is 43.7 Å². The first-order valence-electron chi connectivity index (χ1n) is 11.7. The number of halogens is 3. The van der Waals surface area contributed by atoms with E-state index in [1.54, 1.807) is 30.5 Å². The Kier molecular flexibility index (Phi) is 8.20. The number of hydrogen-bond acceptors (Lipinski definition) is 5. The molecule has 0 atom stereocenters. The van der Waals surface area contributed by atoms with Gasteiger partial charge >= 0.3 is 12.1 Å². The molecule has 1 radical (unpaired) electrons. The maximum absolute atomic E-state index is 13.9. The topological polar surface area (TPSA) is 94.0 Å². The normalized spacial score (nSPS) is 14.4. The van der Waals surface area contributed by atoms with Crippen LogP contribution >= 0.6 is 0 Å². The van der Waals surface area contributed by atoms with Crippen LogP contribution in [0.4, 0.5) is 13.2 Å². The third kappa shape index (κ3) is 6.14. The van der Waals surface area contributed by atoms with Gasteiger partial charge in [0.25, 0.3) is 5.89 Å². The Balaban J connectivity index is 0.00000320. The molecule has 0 amide bonds. The average Bonchev–Trinajstić information content (AvgIpc) is 3.55. The monoisotopic (exact) mass is 519 g/mol. The van der Waals surface area contributed by atoms with Crippen molar-refractivity contribution in [2.45, 2.75) is 50.7 Å². The molecule has 0 spiro atoms. The zero-order chi connectivity index (χ0) is 25.3. The van der Waals surface area contributed by atoms with Gasteiger partial charge in [0.1, 0.15) is 0 Å². The second-order valence-electron chi connectivity index (χ2n) is 8.96. The van der Waals surface area contributed by atoms with E-state index in [0.29, 0.717) is 17.7 Å². The van der Waals surface area contributed by atoms with Crippen molar-refractivity contribution in [3.05, 3.63) is 77.1 Å².